The molecule has 0 aliphatic heterocycles. The maximum absolute atomic E-state index is 6.25. The van der Waals surface area contributed by atoms with E-state index in [1.165, 1.54) is 0 Å². The van der Waals surface area contributed by atoms with Crippen LogP contribution in [-0.4, -0.2) is 14.2 Å². The lowest BCUT2D eigenvalue weighted by Crippen LogP contribution is -1.98. The molecular weight excluding hydrogens is 407 g/mol. The van der Waals surface area contributed by atoms with Crippen LogP contribution in [0.2, 0.25) is 5.02 Å². The molecule has 0 N–H and O–H groups in total. The highest BCUT2D eigenvalue weighted by molar-refractivity contribution is 9.11. The van der Waals surface area contributed by atoms with Gasteiger partial charge in [-0.2, -0.15) is 0 Å². The lowest BCUT2D eigenvalue weighted by molar-refractivity contribution is 0.354. The maximum atomic E-state index is 6.25. The zero-order valence-corrected chi connectivity index (χ0v) is 14.9. The third-order valence-electron chi connectivity index (χ3n) is 2.95. The van der Waals surface area contributed by atoms with Crippen LogP contribution in [0.1, 0.15) is 16.0 Å². The zero-order chi connectivity index (χ0) is 14.7. The molecule has 1 atom stereocenters. The molecule has 1 unspecified atom stereocenters. The summed E-state index contributed by atoms with van der Waals surface area (Å²) < 4.78 is 11.6. The Morgan fingerprint density at radius 2 is 1.60 bits per heavy atom. The second-order valence-corrected chi connectivity index (χ2v) is 6.29. The number of hydrogen-bond donors (Lipinski definition) is 0. The molecule has 0 amide bonds. The smallest absolute Gasteiger partial charge is 0.161 e. The first-order valence-corrected chi connectivity index (χ1v) is 7.97. The first-order valence-electron chi connectivity index (χ1n) is 5.88. The first kappa shape index (κ1) is 15.7. The zero-order valence-electron chi connectivity index (χ0n) is 11.0. The molecule has 0 saturated heterocycles. The van der Waals surface area contributed by atoms with Crippen molar-refractivity contribution in [1.82, 2.24) is 0 Å². The van der Waals surface area contributed by atoms with Gasteiger partial charge in [-0.1, -0.05) is 61.7 Å². The fourth-order valence-electron chi connectivity index (χ4n) is 1.91. The topological polar surface area (TPSA) is 18.5 Å². The number of benzene rings is 2. The molecule has 0 heterocycles. The molecule has 0 aliphatic carbocycles. The van der Waals surface area contributed by atoms with E-state index in [9.17, 15) is 0 Å². The van der Waals surface area contributed by atoms with E-state index in [0.717, 1.165) is 20.6 Å². The summed E-state index contributed by atoms with van der Waals surface area (Å²) in [5.74, 6) is 1.36. The van der Waals surface area contributed by atoms with Gasteiger partial charge < -0.3 is 9.47 Å². The Hall–Kier alpha value is -0.710. The number of methoxy groups -OCH3 is 2. The lowest BCUT2D eigenvalue weighted by Gasteiger charge is -2.17. The number of ether oxygens (including phenoxy) is 2. The number of hydrogen-bond acceptors (Lipinski definition) is 2. The van der Waals surface area contributed by atoms with Crippen LogP contribution in [0.5, 0.6) is 11.5 Å². The summed E-state index contributed by atoms with van der Waals surface area (Å²) in [6, 6.07) is 11.6. The highest BCUT2D eigenvalue weighted by atomic mass is 79.9. The Balaban J connectivity index is 2.50. The average molecular weight is 421 g/mol. The molecule has 5 heteroatoms. The molecule has 106 valence electrons. The minimum absolute atomic E-state index is 0.0367. The van der Waals surface area contributed by atoms with Crippen molar-refractivity contribution in [2.45, 2.75) is 4.83 Å². The minimum Gasteiger partial charge on any atom is -0.493 e. The Morgan fingerprint density at radius 3 is 2.20 bits per heavy atom. The van der Waals surface area contributed by atoms with E-state index < -0.39 is 0 Å². The van der Waals surface area contributed by atoms with Gasteiger partial charge in [0.15, 0.2) is 11.5 Å². The van der Waals surface area contributed by atoms with Crippen molar-refractivity contribution in [3.05, 3.63) is 57.0 Å². The van der Waals surface area contributed by atoms with Crippen molar-refractivity contribution in [3.63, 3.8) is 0 Å². The van der Waals surface area contributed by atoms with Gasteiger partial charge in [0.05, 0.1) is 19.0 Å². The van der Waals surface area contributed by atoms with Crippen molar-refractivity contribution in [1.29, 1.82) is 0 Å². The molecule has 0 fully saturated rings. The standard InChI is InChI=1S/C15H13Br2ClO2/c1-19-13-7-10(11(16)8-14(13)20-2)15(17)9-5-3-4-6-12(9)18/h3-8,15H,1-2H3. The SMILES string of the molecule is COc1cc(Br)c(C(Br)c2ccccc2Cl)cc1OC. The second kappa shape index (κ2) is 6.83. The van der Waals surface area contributed by atoms with Gasteiger partial charge in [0.1, 0.15) is 0 Å². The molecule has 2 aromatic rings. The van der Waals surface area contributed by atoms with Crippen LogP contribution < -0.4 is 9.47 Å². The van der Waals surface area contributed by atoms with Crippen molar-refractivity contribution in [3.8, 4) is 11.5 Å². The summed E-state index contributed by atoms with van der Waals surface area (Å²) in [6.07, 6.45) is 0. The summed E-state index contributed by atoms with van der Waals surface area (Å²) in [5, 5.41) is 0.719. The first-order chi connectivity index (χ1) is 9.58. The van der Waals surface area contributed by atoms with Gasteiger partial charge in [0.2, 0.25) is 0 Å². The summed E-state index contributed by atoms with van der Waals surface area (Å²) in [6.45, 7) is 0. The maximum Gasteiger partial charge on any atom is 0.161 e. The third kappa shape index (κ3) is 3.13. The molecule has 0 saturated carbocycles. The van der Waals surface area contributed by atoms with Crippen LogP contribution in [0.4, 0.5) is 0 Å². The molecule has 0 aliphatic rings. The van der Waals surface area contributed by atoms with E-state index in [1.54, 1.807) is 14.2 Å². The summed E-state index contributed by atoms with van der Waals surface area (Å²) in [4.78, 5) is -0.0367. The van der Waals surface area contributed by atoms with Crippen LogP contribution in [0.3, 0.4) is 0 Å². The van der Waals surface area contributed by atoms with Gasteiger partial charge in [0.25, 0.3) is 0 Å². The van der Waals surface area contributed by atoms with Gasteiger partial charge in [-0.25, -0.2) is 0 Å². The predicted octanol–water partition coefficient (Wildman–Crippen LogP) is 5.60. The van der Waals surface area contributed by atoms with Gasteiger partial charge in [-0.3, -0.25) is 0 Å². The Bertz CT molecular complexity index is 617. The Kier molecular flexibility index (Phi) is 5.35. The fourth-order valence-corrected chi connectivity index (χ4v) is 3.93. The monoisotopic (exact) mass is 418 g/mol. The van der Waals surface area contributed by atoms with Crippen LogP contribution in [0, 0.1) is 0 Å². The number of rotatable bonds is 4. The van der Waals surface area contributed by atoms with Crippen LogP contribution >= 0.6 is 43.5 Å². The average Bonchev–Trinajstić information content (AvgIpc) is 2.46. The molecule has 2 aromatic carbocycles. The summed E-state index contributed by atoms with van der Waals surface area (Å²) in [5.41, 5.74) is 2.03. The van der Waals surface area contributed by atoms with Crippen molar-refractivity contribution < 1.29 is 9.47 Å². The van der Waals surface area contributed by atoms with Gasteiger partial charge >= 0.3 is 0 Å². The van der Waals surface area contributed by atoms with E-state index in [0.29, 0.717) is 11.5 Å². The molecule has 2 rings (SSSR count). The van der Waals surface area contributed by atoms with Gasteiger partial charge in [0, 0.05) is 9.50 Å². The summed E-state index contributed by atoms with van der Waals surface area (Å²) >= 11 is 13.5. The van der Waals surface area contributed by atoms with E-state index in [-0.39, 0.29) is 4.83 Å². The van der Waals surface area contributed by atoms with Crippen molar-refractivity contribution in [2.24, 2.45) is 0 Å². The third-order valence-corrected chi connectivity index (χ3v) is 4.97. The van der Waals surface area contributed by atoms with E-state index in [1.807, 2.05) is 36.4 Å². The molecular formula is C15H13Br2ClO2. The minimum atomic E-state index is -0.0367. The van der Waals surface area contributed by atoms with E-state index >= 15 is 0 Å². The fraction of sp³-hybridized carbons (Fsp3) is 0.200. The number of halogens is 3. The highest BCUT2D eigenvalue weighted by Crippen LogP contribution is 2.42. The molecule has 0 aromatic heterocycles. The highest BCUT2D eigenvalue weighted by Gasteiger charge is 2.19. The van der Waals surface area contributed by atoms with Crippen molar-refractivity contribution in [2.75, 3.05) is 14.2 Å². The van der Waals surface area contributed by atoms with Gasteiger partial charge in [-0.05, 0) is 29.3 Å². The molecule has 20 heavy (non-hydrogen) atoms. The van der Waals surface area contributed by atoms with Gasteiger partial charge in [-0.15, -0.1) is 0 Å². The largest absolute Gasteiger partial charge is 0.493 e. The van der Waals surface area contributed by atoms with Crippen LogP contribution in [0.25, 0.3) is 0 Å². The van der Waals surface area contributed by atoms with Crippen LogP contribution in [0.15, 0.2) is 40.9 Å². The second-order valence-electron chi connectivity index (χ2n) is 4.11. The van der Waals surface area contributed by atoms with Crippen molar-refractivity contribution >= 4 is 43.5 Å². The normalized spacial score (nSPS) is 12.1. The predicted molar refractivity (Wildman–Crippen MR) is 89.5 cm³/mol. The summed E-state index contributed by atoms with van der Waals surface area (Å²) in [7, 11) is 3.23. The number of alkyl halides is 1. The van der Waals surface area contributed by atoms with E-state index in [4.69, 9.17) is 21.1 Å². The molecule has 0 spiro atoms. The Morgan fingerprint density at radius 1 is 1.00 bits per heavy atom. The molecule has 2 nitrogen and oxygen atoms in total. The molecule has 0 radical (unpaired) electrons. The quantitative estimate of drug-likeness (QED) is 0.599. The Labute approximate surface area is 140 Å². The lowest BCUT2D eigenvalue weighted by atomic mass is 10.0. The van der Waals surface area contributed by atoms with Crippen LogP contribution in [-0.2, 0) is 0 Å². The van der Waals surface area contributed by atoms with E-state index in [2.05, 4.69) is 31.9 Å². The molecule has 0 bridgehead atoms.